The summed E-state index contributed by atoms with van der Waals surface area (Å²) in [7, 11) is 0. The Morgan fingerprint density at radius 2 is 1.50 bits per heavy atom. The van der Waals surface area contributed by atoms with Gasteiger partial charge in [0.15, 0.2) is 11.6 Å². The fraction of sp³-hybridized carbons (Fsp3) is 0.400. The third-order valence-electron chi connectivity index (χ3n) is 7.26. The molecule has 4 rings (SSSR count). The number of halogens is 5. The second-order valence-electron chi connectivity index (χ2n) is 9.72. The van der Waals surface area contributed by atoms with Gasteiger partial charge in [0.1, 0.15) is 0 Å². The molecule has 2 atom stereocenters. The van der Waals surface area contributed by atoms with E-state index in [1.54, 1.807) is 0 Å². The number of aryl methyl sites for hydroxylation is 1. The molecule has 2 aliphatic carbocycles. The lowest BCUT2D eigenvalue weighted by Crippen LogP contribution is -2.22. The summed E-state index contributed by atoms with van der Waals surface area (Å²) in [5.74, 6) is -0.590. The van der Waals surface area contributed by atoms with Crippen molar-refractivity contribution in [3.63, 3.8) is 0 Å². The lowest BCUT2D eigenvalue weighted by Gasteiger charge is -2.32. The largest absolute Gasteiger partial charge is 0.426 e. The lowest BCUT2D eigenvalue weighted by atomic mass is 9.73. The average molecular weight is 503 g/mol. The standard InChI is InChI=1S/C30H31F5O/c1-2-3-20-4-6-21(7-5-20)22-8-10-23(11-9-22)24-12-14-25(15-13-24)26-16-17-28(27(31)18-26)36-30(34,35)19-29(32)33/h4-8,14,16-19,23-24H,2-3,9-13,15H2,1H3. The van der Waals surface area contributed by atoms with E-state index in [1.165, 1.54) is 22.8 Å². The van der Waals surface area contributed by atoms with Crippen molar-refractivity contribution >= 4 is 11.1 Å². The fourth-order valence-corrected chi connectivity index (χ4v) is 5.35. The van der Waals surface area contributed by atoms with Crippen LogP contribution in [0.15, 0.2) is 66.8 Å². The predicted octanol–water partition coefficient (Wildman–Crippen LogP) is 9.60. The van der Waals surface area contributed by atoms with Crippen LogP contribution in [0, 0.1) is 17.7 Å². The van der Waals surface area contributed by atoms with Gasteiger partial charge in [-0.1, -0.05) is 55.8 Å². The zero-order valence-corrected chi connectivity index (χ0v) is 20.4. The Bertz CT molecular complexity index is 1140. The Balaban J connectivity index is 1.35. The normalized spacial score (nSPS) is 20.4. The maximum absolute atomic E-state index is 14.4. The SMILES string of the molecule is CCCc1ccc(C2=CCC(C3CC=C(c4ccc(OC(F)(F)C=C(F)F)c(F)c4)CC3)CC2)cc1. The molecule has 0 saturated heterocycles. The molecule has 1 nitrogen and oxygen atoms in total. The van der Waals surface area contributed by atoms with Gasteiger partial charge in [0.25, 0.3) is 6.08 Å². The second-order valence-corrected chi connectivity index (χ2v) is 9.72. The molecule has 0 heterocycles. The summed E-state index contributed by atoms with van der Waals surface area (Å²) in [6.07, 6.45) is 5.19. The summed E-state index contributed by atoms with van der Waals surface area (Å²) in [4.78, 5) is 0. The molecule has 0 saturated carbocycles. The van der Waals surface area contributed by atoms with Crippen LogP contribution in [0.25, 0.3) is 11.1 Å². The zero-order valence-electron chi connectivity index (χ0n) is 20.4. The van der Waals surface area contributed by atoms with Crippen LogP contribution in [0.5, 0.6) is 5.75 Å². The molecule has 0 bridgehead atoms. The van der Waals surface area contributed by atoms with Gasteiger partial charge in [0, 0.05) is 0 Å². The molecule has 6 heteroatoms. The van der Waals surface area contributed by atoms with Crippen molar-refractivity contribution in [2.24, 2.45) is 11.8 Å². The minimum Gasteiger partial charge on any atom is -0.426 e. The Hall–Kier alpha value is -2.89. The summed E-state index contributed by atoms with van der Waals surface area (Å²) in [6, 6.07) is 12.6. The van der Waals surface area contributed by atoms with Gasteiger partial charge in [0.05, 0.1) is 6.08 Å². The molecule has 36 heavy (non-hydrogen) atoms. The zero-order chi connectivity index (χ0) is 25.7. The van der Waals surface area contributed by atoms with Crippen LogP contribution in [-0.2, 0) is 6.42 Å². The number of benzene rings is 2. The summed E-state index contributed by atoms with van der Waals surface area (Å²) in [5.41, 5.74) is 5.69. The fourth-order valence-electron chi connectivity index (χ4n) is 5.35. The van der Waals surface area contributed by atoms with Crippen molar-refractivity contribution in [3.05, 3.63) is 89.3 Å². The molecule has 2 aliphatic rings. The van der Waals surface area contributed by atoms with Crippen molar-refractivity contribution in [3.8, 4) is 5.75 Å². The van der Waals surface area contributed by atoms with Gasteiger partial charge < -0.3 is 4.74 Å². The van der Waals surface area contributed by atoms with E-state index in [1.807, 2.05) is 0 Å². The molecule has 0 fully saturated rings. The number of hydrogen-bond acceptors (Lipinski definition) is 1. The molecular weight excluding hydrogens is 471 g/mol. The molecule has 0 aromatic heterocycles. The van der Waals surface area contributed by atoms with Crippen molar-refractivity contribution in [1.29, 1.82) is 0 Å². The van der Waals surface area contributed by atoms with Gasteiger partial charge in [-0.2, -0.15) is 17.6 Å². The first-order valence-corrected chi connectivity index (χ1v) is 12.6. The topological polar surface area (TPSA) is 9.23 Å². The van der Waals surface area contributed by atoms with E-state index < -0.39 is 29.8 Å². The second kappa shape index (κ2) is 11.4. The van der Waals surface area contributed by atoms with E-state index >= 15 is 0 Å². The van der Waals surface area contributed by atoms with Crippen LogP contribution >= 0.6 is 0 Å². The highest BCUT2D eigenvalue weighted by Crippen LogP contribution is 2.41. The van der Waals surface area contributed by atoms with Crippen molar-refractivity contribution in [2.75, 3.05) is 0 Å². The molecule has 2 unspecified atom stereocenters. The molecule has 0 spiro atoms. The third kappa shape index (κ3) is 6.65. The van der Waals surface area contributed by atoms with E-state index in [9.17, 15) is 22.0 Å². The van der Waals surface area contributed by atoms with Gasteiger partial charge in [-0.15, -0.1) is 0 Å². The van der Waals surface area contributed by atoms with Gasteiger partial charge in [-0.3, -0.25) is 0 Å². The number of hydrogen-bond donors (Lipinski definition) is 0. The van der Waals surface area contributed by atoms with Crippen molar-refractivity contribution in [1.82, 2.24) is 0 Å². The monoisotopic (exact) mass is 502 g/mol. The first-order chi connectivity index (χ1) is 17.2. The molecule has 192 valence electrons. The summed E-state index contributed by atoms with van der Waals surface area (Å²) in [6.45, 7) is 2.19. The van der Waals surface area contributed by atoms with Crippen LogP contribution in [0.3, 0.4) is 0 Å². The molecule has 0 aliphatic heterocycles. The predicted molar refractivity (Wildman–Crippen MR) is 133 cm³/mol. The summed E-state index contributed by atoms with van der Waals surface area (Å²) >= 11 is 0. The van der Waals surface area contributed by atoms with Crippen LogP contribution in [0.4, 0.5) is 22.0 Å². The molecule has 0 amide bonds. The lowest BCUT2D eigenvalue weighted by molar-refractivity contribution is -0.135. The molecule has 0 radical (unpaired) electrons. The van der Waals surface area contributed by atoms with Crippen LogP contribution < -0.4 is 4.74 Å². The van der Waals surface area contributed by atoms with Gasteiger partial charge >= 0.3 is 6.11 Å². The highest BCUT2D eigenvalue weighted by molar-refractivity contribution is 5.68. The molecular formula is C30H31F5O. The summed E-state index contributed by atoms with van der Waals surface area (Å²) < 4.78 is 69.6. The maximum atomic E-state index is 14.4. The Morgan fingerprint density at radius 3 is 2.00 bits per heavy atom. The first-order valence-electron chi connectivity index (χ1n) is 12.6. The first kappa shape index (κ1) is 26.2. The number of allylic oxidation sites excluding steroid dienone is 4. The highest BCUT2D eigenvalue weighted by atomic mass is 19.3. The average Bonchev–Trinajstić information content (AvgIpc) is 2.85. The quantitative estimate of drug-likeness (QED) is 0.327. The van der Waals surface area contributed by atoms with Gasteiger partial charge in [0.2, 0.25) is 0 Å². The maximum Gasteiger partial charge on any atom is 0.425 e. The van der Waals surface area contributed by atoms with E-state index in [0.29, 0.717) is 17.4 Å². The van der Waals surface area contributed by atoms with Crippen molar-refractivity contribution in [2.45, 2.75) is 64.4 Å². The van der Waals surface area contributed by atoms with E-state index in [4.69, 9.17) is 0 Å². The third-order valence-corrected chi connectivity index (χ3v) is 7.26. The van der Waals surface area contributed by atoms with Gasteiger partial charge in [-0.25, -0.2) is 4.39 Å². The van der Waals surface area contributed by atoms with Crippen molar-refractivity contribution < 1.29 is 26.7 Å². The van der Waals surface area contributed by atoms with Crippen LogP contribution in [0.2, 0.25) is 0 Å². The molecule has 2 aromatic carbocycles. The number of alkyl halides is 2. The van der Waals surface area contributed by atoms with Gasteiger partial charge in [-0.05, 0) is 96.8 Å². The van der Waals surface area contributed by atoms with E-state index in [2.05, 4.69) is 48.1 Å². The Kier molecular flexibility index (Phi) is 8.32. The number of ether oxygens (including phenoxy) is 1. The van der Waals surface area contributed by atoms with E-state index in [0.717, 1.165) is 69.1 Å². The summed E-state index contributed by atoms with van der Waals surface area (Å²) in [5, 5.41) is 0. The minimum absolute atomic E-state index is 0.562. The molecule has 2 aromatic rings. The Morgan fingerprint density at radius 1 is 0.917 bits per heavy atom. The smallest absolute Gasteiger partial charge is 0.425 e. The van der Waals surface area contributed by atoms with E-state index in [-0.39, 0.29) is 0 Å². The highest BCUT2D eigenvalue weighted by Gasteiger charge is 2.32. The molecule has 0 N–H and O–H groups in total. The Labute approximate surface area is 209 Å². The van der Waals surface area contributed by atoms with Crippen LogP contribution in [0.1, 0.15) is 68.6 Å². The minimum atomic E-state index is -4.29. The van der Waals surface area contributed by atoms with Crippen LogP contribution in [-0.4, -0.2) is 6.11 Å². The number of rotatable bonds is 8.